The Hall–Kier alpha value is -1.88. The highest BCUT2D eigenvalue weighted by Gasteiger charge is 2.11. The Morgan fingerprint density at radius 1 is 1.60 bits per heavy atom. The van der Waals surface area contributed by atoms with Crippen molar-refractivity contribution in [3.63, 3.8) is 0 Å². The van der Waals surface area contributed by atoms with Crippen LogP contribution in [0.5, 0.6) is 5.75 Å². The minimum absolute atomic E-state index is 0.0134. The third-order valence-corrected chi connectivity index (χ3v) is 1.83. The molecule has 5 nitrogen and oxygen atoms in total. The fourth-order valence-corrected chi connectivity index (χ4v) is 1.14. The van der Waals surface area contributed by atoms with Crippen molar-refractivity contribution in [2.45, 2.75) is 0 Å². The molecule has 0 amide bonds. The van der Waals surface area contributed by atoms with Gasteiger partial charge >= 0.3 is 0 Å². The predicted octanol–water partition coefficient (Wildman–Crippen LogP) is 1.61. The van der Waals surface area contributed by atoms with Crippen LogP contribution >= 0.6 is 0 Å². The molecule has 0 radical (unpaired) electrons. The maximum atomic E-state index is 10.7. The molecule has 1 aromatic carbocycles. The zero-order valence-electron chi connectivity index (χ0n) is 8.21. The van der Waals surface area contributed by atoms with Crippen LogP contribution in [0.3, 0.4) is 0 Å². The number of aliphatic hydroxyl groups is 1. The standard InChI is InChI=1S/C10H11NO4/c1-15-9-4-5-10(11(13)14)8(7-9)3-2-6-12/h2-5,7,12H,6H2,1H3/b3-2+. The number of nitro groups is 1. The maximum Gasteiger partial charge on any atom is 0.276 e. The minimum Gasteiger partial charge on any atom is -0.497 e. The molecule has 0 aromatic heterocycles. The van der Waals surface area contributed by atoms with Crippen LogP contribution in [-0.4, -0.2) is 23.7 Å². The van der Waals surface area contributed by atoms with Gasteiger partial charge in [-0.25, -0.2) is 0 Å². The Morgan fingerprint density at radius 3 is 2.87 bits per heavy atom. The van der Waals surface area contributed by atoms with Crippen LogP contribution in [-0.2, 0) is 0 Å². The average Bonchev–Trinajstić information content (AvgIpc) is 2.25. The van der Waals surface area contributed by atoms with Crippen LogP contribution in [0.25, 0.3) is 6.08 Å². The van der Waals surface area contributed by atoms with E-state index in [0.29, 0.717) is 11.3 Å². The molecule has 0 fully saturated rings. The zero-order valence-corrected chi connectivity index (χ0v) is 8.21. The van der Waals surface area contributed by atoms with E-state index in [-0.39, 0.29) is 12.3 Å². The maximum absolute atomic E-state index is 10.7. The molecule has 15 heavy (non-hydrogen) atoms. The van der Waals surface area contributed by atoms with Gasteiger partial charge in [0, 0.05) is 6.07 Å². The first-order chi connectivity index (χ1) is 7.19. The molecule has 5 heteroatoms. The van der Waals surface area contributed by atoms with E-state index >= 15 is 0 Å². The molecule has 0 unspecified atom stereocenters. The lowest BCUT2D eigenvalue weighted by Crippen LogP contribution is -1.93. The van der Waals surface area contributed by atoms with E-state index < -0.39 is 4.92 Å². The van der Waals surface area contributed by atoms with Gasteiger partial charge in [0.15, 0.2) is 0 Å². The molecular weight excluding hydrogens is 198 g/mol. The summed E-state index contributed by atoms with van der Waals surface area (Å²) in [5.41, 5.74) is 0.397. The van der Waals surface area contributed by atoms with Crippen LogP contribution in [0.4, 0.5) is 5.69 Å². The number of nitrogens with zero attached hydrogens (tertiary/aromatic N) is 1. The van der Waals surface area contributed by atoms with Gasteiger partial charge in [-0.3, -0.25) is 10.1 Å². The highest BCUT2D eigenvalue weighted by atomic mass is 16.6. The Balaban J connectivity index is 3.16. The number of aliphatic hydroxyl groups excluding tert-OH is 1. The highest BCUT2D eigenvalue weighted by Crippen LogP contribution is 2.24. The smallest absolute Gasteiger partial charge is 0.276 e. The number of nitro benzene ring substituents is 1. The molecule has 0 heterocycles. The first-order valence-corrected chi connectivity index (χ1v) is 4.29. The van der Waals surface area contributed by atoms with Crippen molar-refractivity contribution in [3.05, 3.63) is 40.0 Å². The number of rotatable bonds is 4. The van der Waals surface area contributed by atoms with Crippen LogP contribution < -0.4 is 4.74 Å². The van der Waals surface area contributed by atoms with E-state index in [4.69, 9.17) is 9.84 Å². The van der Waals surface area contributed by atoms with Gasteiger partial charge < -0.3 is 9.84 Å². The zero-order chi connectivity index (χ0) is 11.3. The SMILES string of the molecule is COc1ccc([N+](=O)[O-])c(/C=C/CO)c1. The van der Waals surface area contributed by atoms with Gasteiger partial charge in [-0.15, -0.1) is 0 Å². The predicted molar refractivity (Wildman–Crippen MR) is 55.8 cm³/mol. The Morgan fingerprint density at radius 2 is 2.33 bits per heavy atom. The molecule has 1 rings (SSSR count). The molecule has 0 spiro atoms. The molecule has 80 valence electrons. The third kappa shape index (κ3) is 2.78. The molecule has 0 aliphatic heterocycles. The van der Waals surface area contributed by atoms with Crippen molar-refractivity contribution < 1.29 is 14.8 Å². The van der Waals surface area contributed by atoms with E-state index in [1.165, 1.54) is 31.4 Å². The van der Waals surface area contributed by atoms with Crippen molar-refractivity contribution in [3.8, 4) is 5.75 Å². The molecule has 0 saturated heterocycles. The normalized spacial score (nSPS) is 10.5. The van der Waals surface area contributed by atoms with Crippen molar-refractivity contribution in [2.24, 2.45) is 0 Å². The molecular formula is C10H11NO4. The highest BCUT2D eigenvalue weighted by molar-refractivity contribution is 5.62. The van der Waals surface area contributed by atoms with E-state index in [9.17, 15) is 10.1 Å². The van der Waals surface area contributed by atoms with Gasteiger partial charge in [-0.1, -0.05) is 6.08 Å². The number of hydrogen-bond acceptors (Lipinski definition) is 4. The van der Waals surface area contributed by atoms with Crippen molar-refractivity contribution in [2.75, 3.05) is 13.7 Å². The number of hydrogen-bond donors (Lipinski definition) is 1. The van der Waals surface area contributed by atoms with Gasteiger partial charge in [0.2, 0.25) is 0 Å². The molecule has 0 saturated carbocycles. The monoisotopic (exact) mass is 209 g/mol. The summed E-state index contributed by atoms with van der Waals surface area (Å²) in [5.74, 6) is 0.540. The van der Waals surface area contributed by atoms with E-state index in [1.54, 1.807) is 6.07 Å². The van der Waals surface area contributed by atoms with Crippen LogP contribution in [0.15, 0.2) is 24.3 Å². The molecule has 0 bridgehead atoms. The number of benzene rings is 1. The average molecular weight is 209 g/mol. The molecule has 0 atom stereocenters. The summed E-state index contributed by atoms with van der Waals surface area (Å²) in [6.45, 7) is -0.158. The van der Waals surface area contributed by atoms with Crippen molar-refractivity contribution in [1.29, 1.82) is 0 Å². The van der Waals surface area contributed by atoms with E-state index in [2.05, 4.69) is 0 Å². The first kappa shape index (κ1) is 11.2. The summed E-state index contributed by atoms with van der Waals surface area (Å²) in [5, 5.41) is 19.2. The number of methoxy groups -OCH3 is 1. The summed E-state index contributed by atoms with van der Waals surface area (Å²) in [4.78, 5) is 10.2. The fourth-order valence-electron chi connectivity index (χ4n) is 1.14. The fraction of sp³-hybridized carbons (Fsp3) is 0.200. The minimum atomic E-state index is -0.476. The van der Waals surface area contributed by atoms with Gasteiger partial charge in [0.25, 0.3) is 5.69 Å². The van der Waals surface area contributed by atoms with Gasteiger partial charge in [-0.2, -0.15) is 0 Å². The quantitative estimate of drug-likeness (QED) is 0.604. The second-order valence-corrected chi connectivity index (χ2v) is 2.77. The van der Waals surface area contributed by atoms with Gasteiger partial charge in [-0.05, 0) is 18.2 Å². The number of ether oxygens (including phenoxy) is 1. The largest absolute Gasteiger partial charge is 0.497 e. The summed E-state index contributed by atoms with van der Waals surface area (Å²) < 4.78 is 4.95. The second kappa shape index (κ2) is 5.11. The second-order valence-electron chi connectivity index (χ2n) is 2.77. The third-order valence-electron chi connectivity index (χ3n) is 1.83. The van der Waals surface area contributed by atoms with Crippen LogP contribution in [0, 0.1) is 10.1 Å². The van der Waals surface area contributed by atoms with Gasteiger partial charge in [0.1, 0.15) is 5.75 Å². The topological polar surface area (TPSA) is 72.6 Å². The Labute approximate surface area is 86.8 Å². The van der Waals surface area contributed by atoms with Crippen LogP contribution in [0.1, 0.15) is 5.56 Å². The van der Waals surface area contributed by atoms with Crippen molar-refractivity contribution >= 4 is 11.8 Å². The summed E-state index contributed by atoms with van der Waals surface area (Å²) >= 11 is 0. The summed E-state index contributed by atoms with van der Waals surface area (Å²) in [7, 11) is 1.49. The molecule has 1 N–H and O–H groups in total. The lowest BCUT2D eigenvalue weighted by molar-refractivity contribution is -0.385. The summed E-state index contributed by atoms with van der Waals surface area (Å²) in [6.07, 6.45) is 2.92. The molecule has 0 aliphatic carbocycles. The molecule has 0 aliphatic rings. The lowest BCUT2D eigenvalue weighted by atomic mass is 10.1. The first-order valence-electron chi connectivity index (χ1n) is 4.29. The van der Waals surface area contributed by atoms with E-state index in [0.717, 1.165) is 0 Å². The molecule has 1 aromatic rings. The van der Waals surface area contributed by atoms with Gasteiger partial charge in [0.05, 0.1) is 24.2 Å². The Bertz CT molecular complexity index is 387. The Kier molecular flexibility index (Phi) is 3.82. The summed E-state index contributed by atoms with van der Waals surface area (Å²) in [6, 6.07) is 4.44. The lowest BCUT2D eigenvalue weighted by Gasteiger charge is -2.01. The van der Waals surface area contributed by atoms with Crippen molar-refractivity contribution in [1.82, 2.24) is 0 Å². The van der Waals surface area contributed by atoms with E-state index in [1.807, 2.05) is 0 Å². The van der Waals surface area contributed by atoms with Crippen LogP contribution in [0.2, 0.25) is 0 Å².